The van der Waals surface area contributed by atoms with E-state index in [1.54, 1.807) is 14.2 Å². The Labute approximate surface area is 117 Å². The van der Waals surface area contributed by atoms with E-state index in [9.17, 15) is 4.79 Å². The van der Waals surface area contributed by atoms with Crippen LogP contribution >= 0.6 is 0 Å². The summed E-state index contributed by atoms with van der Waals surface area (Å²) >= 11 is 0. The zero-order valence-electron chi connectivity index (χ0n) is 11.8. The Kier molecular flexibility index (Phi) is 8.27. The summed E-state index contributed by atoms with van der Waals surface area (Å²) in [5.74, 6) is 0.281. The molecule has 1 rings (SSSR count). The highest BCUT2D eigenvalue weighted by Gasteiger charge is 2.07. The van der Waals surface area contributed by atoms with Gasteiger partial charge in [-0.15, -0.1) is 5.10 Å². The van der Waals surface area contributed by atoms with Gasteiger partial charge in [0.15, 0.2) is 0 Å². The Hall–Kier alpha value is -1.71. The third kappa shape index (κ3) is 7.02. The lowest BCUT2D eigenvalue weighted by molar-refractivity contribution is -0.119. The average Bonchev–Trinajstić information content (AvgIpc) is 2.90. The van der Waals surface area contributed by atoms with Crippen molar-refractivity contribution < 1.29 is 18.7 Å². The van der Waals surface area contributed by atoms with E-state index in [0.29, 0.717) is 38.7 Å². The van der Waals surface area contributed by atoms with Gasteiger partial charge in [0, 0.05) is 27.3 Å². The minimum atomic E-state index is -0.167. The Balaban J connectivity index is 2.17. The van der Waals surface area contributed by atoms with Crippen molar-refractivity contribution in [2.45, 2.75) is 6.54 Å². The lowest BCUT2D eigenvalue weighted by Gasteiger charge is -2.04. The molecule has 9 nitrogen and oxygen atoms in total. The summed E-state index contributed by atoms with van der Waals surface area (Å²) in [4.78, 5) is 11.4. The Morgan fingerprint density at radius 2 is 1.95 bits per heavy atom. The van der Waals surface area contributed by atoms with E-state index in [1.165, 1.54) is 0 Å². The fraction of sp³-hybridized carbons (Fsp3) is 0.727. The lowest BCUT2D eigenvalue weighted by atomic mass is 10.5. The zero-order chi connectivity index (χ0) is 14.6. The van der Waals surface area contributed by atoms with Crippen LogP contribution in [0.5, 0.6) is 0 Å². The summed E-state index contributed by atoms with van der Waals surface area (Å²) < 4.78 is 15.0. The standard InChI is InChI=1S/C11H21N5O4/c1-18-5-3-12-8-10-15-16-11(20-10)14-7-9(17)13-4-6-19-2/h12H,3-8H2,1-2H3,(H,13,17)(H,14,16). The van der Waals surface area contributed by atoms with E-state index in [-0.39, 0.29) is 18.5 Å². The van der Waals surface area contributed by atoms with Crippen molar-refractivity contribution >= 4 is 11.9 Å². The van der Waals surface area contributed by atoms with Gasteiger partial charge in [-0.05, 0) is 0 Å². The van der Waals surface area contributed by atoms with Crippen molar-refractivity contribution in [2.75, 3.05) is 52.4 Å². The van der Waals surface area contributed by atoms with Crippen LogP contribution < -0.4 is 16.0 Å². The number of hydrogen-bond acceptors (Lipinski definition) is 8. The number of ether oxygens (including phenoxy) is 2. The van der Waals surface area contributed by atoms with Gasteiger partial charge in [-0.2, -0.15) is 0 Å². The third-order valence-electron chi connectivity index (χ3n) is 2.25. The number of anilines is 1. The summed E-state index contributed by atoms with van der Waals surface area (Å²) in [6.45, 7) is 2.78. The molecule has 0 unspecified atom stereocenters. The van der Waals surface area contributed by atoms with E-state index >= 15 is 0 Å². The van der Waals surface area contributed by atoms with E-state index in [2.05, 4.69) is 26.1 Å². The number of nitrogens with zero attached hydrogens (tertiary/aromatic N) is 2. The maximum atomic E-state index is 11.4. The molecule has 0 aliphatic rings. The van der Waals surface area contributed by atoms with Gasteiger partial charge in [0.05, 0.1) is 26.3 Å². The van der Waals surface area contributed by atoms with Crippen LogP contribution in [-0.2, 0) is 20.8 Å². The molecule has 9 heteroatoms. The molecular weight excluding hydrogens is 266 g/mol. The van der Waals surface area contributed by atoms with E-state index in [1.807, 2.05) is 0 Å². The van der Waals surface area contributed by atoms with Gasteiger partial charge in [0.2, 0.25) is 11.8 Å². The first kappa shape index (κ1) is 16.3. The maximum Gasteiger partial charge on any atom is 0.315 e. The van der Waals surface area contributed by atoms with Crippen LogP contribution in [0.4, 0.5) is 6.01 Å². The summed E-state index contributed by atoms with van der Waals surface area (Å²) in [5.41, 5.74) is 0. The second-order valence-corrected chi connectivity index (χ2v) is 3.87. The molecule has 0 atom stereocenters. The number of aromatic nitrogens is 2. The Morgan fingerprint density at radius 1 is 1.20 bits per heavy atom. The molecule has 114 valence electrons. The predicted molar refractivity (Wildman–Crippen MR) is 71.3 cm³/mol. The van der Waals surface area contributed by atoms with Crippen LogP contribution in [-0.4, -0.2) is 63.2 Å². The highest BCUT2D eigenvalue weighted by molar-refractivity contribution is 5.79. The second kappa shape index (κ2) is 10.1. The minimum absolute atomic E-state index is 0.0719. The number of hydrogen-bond donors (Lipinski definition) is 3. The SMILES string of the molecule is COCCNCc1nnc(NCC(=O)NCCOC)o1. The van der Waals surface area contributed by atoms with Gasteiger partial charge < -0.3 is 29.8 Å². The minimum Gasteiger partial charge on any atom is -0.407 e. The smallest absolute Gasteiger partial charge is 0.315 e. The Bertz CT molecular complexity index is 385. The molecule has 3 N–H and O–H groups in total. The molecule has 0 spiro atoms. The zero-order valence-corrected chi connectivity index (χ0v) is 11.8. The van der Waals surface area contributed by atoms with Gasteiger partial charge in [0.25, 0.3) is 0 Å². The van der Waals surface area contributed by atoms with Crippen LogP contribution in [0.15, 0.2) is 4.42 Å². The van der Waals surface area contributed by atoms with Crippen molar-refractivity contribution in [3.05, 3.63) is 5.89 Å². The van der Waals surface area contributed by atoms with Crippen LogP contribution in [0.1, 0.15) is 5.89 Å². The molecule has 0 aliphatic carbocycles. The summed E-state index contributed by atoms with van der Waals surface area (Å²) in [5, 5.41) is 16.1. The molecule has 1 aromatic rings. The van der Waals surface area contributed by atoms with Crippen LogP contribution in [0.3, 0.4) is 0 Å². The number of amides is 1. The summed E-state index contributed by atoms with van der Waals surface area (Å²) in [6.07, 6.45) is 0. The largest absolute Gasteiger partial charge is 0.407 e. The normalized spacial score (nSPS) is 10.5. The van der Waals surface area contributed by atoms with Gasteiger partial charge >= 0.3 is 6.01 Å². The molecule has 1 aromatic heterocycles. The number of carbonyl (C=O) groups excluding carboxylic acids is 1. The molecule has 0 fully saturated rings. The molecule has 0 aliphatic heterocycles. The number of methoxy groups -OCH3 is 2. The quantitative estimate of drug-likeness (QED) is 0.444. The number of nitrogens with one attached hydrogen (secondary N) is 3. The average molecular weight is 287 g/mol. The molecule has 0 saturated heterocycles. The fourth-order valence-electron chi connectivity index (χ4n) is 1.28. The summed E-state index contributed by atoms with van der Waals surface area (Å²) in [6, 6.07) is 0.218. The van der Waals surface area contributed by atoms with Gasteiger partial charge in [-0.25, -0.2) is 0 Å². The van der Waals surface area contributed by atoms with E-state index < -0.39 is 0 Å². The molecule has 0 radical (unpaired) electrons. The first-order chi connectivity index (χ1) is 9.76. The van der Waals surface area contributed by atoms with Crippen molar-refractivity contribution in [3.63, 3.8) is 0 Å². The highest BCUT2D eigenvalue weighted by Crippen LogP contribution is 2.04. The molecular formula is C11H21N5O4. The van der Waals surface area contributed by atoms with E-state index in [4.69, 9.17) is 13.9 Å². The van der Waals surface area contributed by atoms with Gasteiger partial charge in [-0.3, -0.25) is 4.79 Å². The van der Waals surface area contributed by atoms with Crippen molar-refractivity contribution in [1.29, 1.82) is 0 Å². The highest BCUT2D eigenvalue weighted by atomic mass is 16.5. The first-order valence-corrected chi connectivity index (χ1v) is 6.27. The molecule has 0 bridgehead atoms. The van der Waals surface area contributed by atoms with Crippen LogP contribution in [0, 0.1) is 0 Å². The number of rotatable bonds is 11. The molecule has 0 saturated carbocycles. The number of carbonyl (C=O) groups is 1. The lowest BCUT2D eigenvalue weighted by Crippen LogP contribution is -2.32. The van der Waals surface area contributed by atoms with Crippen molar-refractivity contribution in [3.8, 4) is 0 Å². The second-order valence-electron chi connectivity index (χ2n) is 3.87. The maximum absolute atomic E-state index is 11.4. The Morgan fingerprint density at radius 3 is 2.70 bits per heavy atom. The fourth-order valence-corrected chi connectivity index (χ4v) is 1.28. The summed E-state index contributed by atoms with van der Waals surface area (Å²) in [7, 11) is 3.21. The first-order valence-electron chi connectivity index (χ1n) is 6.27. The van der Waals surface area contributed by atoms with Gasteiger partial charge in [0.1, 0.15) is 0 Å². The molecule has 1 amide bonds. The van der Waals surface area contributed by atoms with Crippen LogP contribution in [0.25, 0.3) is 0 Å². The molecule has 20 heavy (non-hydrogen) atoms. The molecule has 1 heterocycles. The molecule has 0 aromatic carbocycles. The van der Waals surface area contributed by atoms with Crippen molar-refractivity contribution in [2.24, 2.45) is 0 Å². The van der Waals surface area contributed by atoms with Gasteiger partial charge in [-0.1, -0.05) is 5.10 Å². The monoisotopic (exact) mass is 287 g/mol. The predicted octanol–water partition coefficient (Wildman–Crippen LogP) is -1.02. The van der Waals surface area contributed by atoms with E-state index in [0.717, 1.165) is 0 Å². The third-order valence-corrected chi connectivity index (χ3v) is 2.25. The van der Waals surface area contributed by atoms with Crippen molar-refractivity contribution in [1.82, 2.24) is 20.8 Å². The topological polar surface area (TPSA) is 111 Å². The van der Waals surface area contributed by atoms with Crippen LogP contribution in [0.2, 0.25) is 0 Å².